The molecular weight excluding hydrogens is 196 g/mol. The van der Waals surface area contributed by atoms with Gasteiger partial charge >= 0.3 is 5.97 Å². The van der Waals surface area contributed by atoms with E-state index in [-0.39, 0.29) is 12.3 Å². The quantitative estimate of drug-likeness (QED) is 0.612. The highest BCUT2D eigenvalue weighted by Crippen LogP contribution is 1.93. The van der Waals surface area contributed by atoms with Crippen molar-refractivity contribution in [2.24, 2.45) is 0 Å². The van der Waals surface area contributed by atoms with Gasteiger partial charge in [0.1, 0.15) is 0 Å². The van der Waals surface area contributed by atoms with Crippen LogP contribution in [0.25, 0.3) is 0 Å². The van der Waals surface area contributed by atoms with Crippen molar-refractivity contribution >= 4 is 11.9 Å². The summed E-state index contributed by atoms with van der Waals surface area (Å²) in [6.07, 6.45) is 1.14. The van der Waals surface area contributed by atoms with Crippen LogP contribution in [0.5, 0.6) is 0 Å². The van der Waals surface area contributed by atoms with E-state index in [1.165, 1.54) is 6.92 Å². The number of aliphatic carboxylic acids is 1. The van der Waals surface area contributed by atoms with Crippen LogP contribution >= 0.6 is 0 Å². The number of carboxylic acids is 1. The maximum absolute atomic E-state index is 10.6. The van der Waals surface area contributed by atoms with Crippen LogP contribution in [0, 0.1) is 0 Å². The Bertz CT molecular complexity index is 207. The van der Waals surface area contributed by atoms with E-state index in [2.05, 4.69) is 5.32 Å². The average molecular weight is 216 g/mol. The van der Waals surface area contributed by atoms with Gasteiger partial charge in [-0.15, -0.1) is 0 Å². The molecule has 0 fully saturated rings. The minimum absolute atomic E-state index is 0.0512. The Kier molecular flexibility index (Phi) is 7.62. The summed E-state index contributed by atoms with van der Waals surface area (Å²) in [5.74, 6) is -0.833. The highest BCUT2D eigenvalue weighted by molar-refractivity contribution is 5.72. The number of hydrogen-bond acceptors (Lipinski definition) is 3. The molecule has 0 rings (SSSR count). The van der Waals surface area contributed by atoms with E-state index in [9.17, 15) is 9.59 Å². The molecule has 0 aromatic carbocycles. The fourth-order valence-electron chi connectivity index (χ4n) is 1.30. The second-order valence-corrected chi connectivity index (χ2v) is 3.47. The first kappa shape index (κ1) is 13.9. The molecule has 0 aromatic heterocycles. The average Bonchev–Trinajstić information content (AvgIpc) is 2.13. The molecular formula is C10H20N2O3. The monoisotopic (exact) mass is 216 g/mol. The summed E-state index contributed by atoms with van der Waals surface area (Å²) in [6.45, 7) is 6.22. The van der Waals surface area contributed by atoms with Crippen LogP contribution < -0.4 is 5.32 Å². The molecule has 0 radical (unpaired) electrons. The molecule has 15 heavy (non-hydrogen) atoms. The maximum Gasteiger partial charge on any atom is 0.304 e. The summed E-state index contributed by atoms with van der Waals surface area (Å²) in [5, 5.41) is 11.2. The molecule has 0 unspecified atom stereocenters. The van der Waals surface area contributed by atoms with Crippen molar-refractivity contribution in [3.8, 4) is 0 Å². The SMILES string of the molecule is CCCN(CCNC(C)=O)CCC(=O)O. The Morgan fingerprint density at radius 2 is 1.93 bits per heavy atom. The van der Waals surface area contributed by atoms with Gasteiger partial charge in [0.2, 0.25) is 5.91 Å². The van der Waals surface area contributed by atoms with Crippen molar-refractivity contribution in [3.05, 3.63) is 0 Å². The lowest BCUT2D eigenvalue weighted by Crippen LogP contribution is -2.35. The third-order valence-electron chi connectivity index (χ3n) is 1.98. The zero-order valence-electron chi connectivity index (χ0n) is 9.45. The van der Waals surface area contributed by atoms with Crippen molar-refractivity contribution in [1.82, 2.24) is 10.2 Å². The maximum atomic E-state index is 10.6. The van der Waals surface area contributed by atoms with Crippen molar-refractivity contribution < 1.29 is 14.7 Å². The van der Waals surface area contributed by atoms with Crippen LogP contribution in [0.2, 0.25) is 0 Å². The van der Waals surface area contributed by atoms with E-state index < -0.39 is 5.97 Å². The fourth-order valence-corrected chi connectivity index (χ4v) is 1.30. The highest BCUT2D eigenvalue weighted by Gasteiger charge is 2.06. The molecule has 1 amide bonds. The van der Waals surface area contributed by atoms with Crippen LogP contribution in [0.1, 0.15) is 26.7 Å². The van der Waals surface area contributed by atoms with Crippen molar-refractivity contribution in [2.45, 2.75) is 26.7 Å². The number of nitrogens with zero attached hydrogens (tertiary/aromatic N) is 1. The van der Waals surface area contributed by atoms with Gasteiger partial charge in [0.15, 0.2) is 0 Å². The van der Waals surface area contributed by atoms with Gasteiger partial charge in [-0.2, -0.15) is 0 Å². The van der Waals surface area contributed by atoms with E-state index in [0.717, 1.165) is 13.0 Å². The number of hydrogen-bond donors (Lipinski definition) is 2. The number of carboxylic acid groups (broad SMARTS) is 1. The topological polar surface area (TPSA) is 69.6 Å². The second-order valence-electron chi connectivity index (χ2n) is 3.47. The fraction of sp³-hybridized carbons (Fsp3) is 0.800. The first-order valence-electron chi connectivity index (χ1n) is 5.24. The van der Waals surface area contributed by atoms with Crippen molar-refractivity contribution in [3.63, 3.8) is 0 Å². The summed E-state index contributed by atoms with van der Waals surface area (Å²) in [7, 11) is 0. The van der Waals surface area contributed by atoms with E-state index in [4.69, 9.17) is 5.11 Å². The lowest BCUT2D eigenvalue weighted by molar-refractivity contribution is -0.137. The third kappa shape index (κ3) is 9.21. The Morgan fingerprint density at radius 1 is 1.27 bits per heavy atom. The summed E-state index contributed by atoms with van der Waals surface area (Å²) in [5.41, 5.74) is 0. The lowest BCUT2D eigenvalue weighted by Gasteiger charge is -2.20. The molecule has 0 aromatic rings. The lowest BCUT2D eigenvalue weighted by atomic mass is 10.3. The van der Waals surface area contributed by atoms with E-state index in [1.807, 2.05) is 11.8 Å². The Balaban J connectivity index is 3.71. The molecule has 88 valence electrons. The molecule has 0 atom stereocenters. The third-order valence-corrected chi connectivity index (χ3v) is 1.98. The number of carbonyl (C=O) groups is 2. The number of amides is 1. The molecule has 2 N–H and O–H groups in total. The van der Waals surface area contributed by atoms with Crippen LogP contribution in [0.4, 0.5) is 0 Å². The minimum atomic E-state index is -0.782. The van der Waals surface area contributed by atoms with E-state index in [1.54, 1.807) is 0 Å². The van der Waals surface area contributed by atoms with Crippen LogP contribution in [0.3, 0.4) is 0 Å². The molecule has 0 aliphatic rings. The van der Waals surface area contributed by atoms with Gasteiger partial charge in [0.05, 0.1) is 6.42 Å². The van der Waals surface area contributed by atoms with Gasteiger partial charge in [0, 0.05) is 26.6 Å². The predicted molar refractivity (Wildman–Crippen MR) is 57.7 cm³/mol. The van der Waals surface area contributed by atoms with Gasteiger partial charge < -0.3 is 15.3 Å². The van der Waals surface area contributed by atoms with Gasteiger partial charge in [-0.25, -0.2) is 0 Å². The summed E-state index contributed by atoms with van der Waals surface area (Å²) < 4.78 is 0. The normalized spacial score (nSPS) is 10.3. The predicted octanol–water partition coefficient (Wildman–Crippen LogP) is 0.309. The minimum Gasteiger partial charge on any atom is -0.481 e. The van der Waals surface area contributed by atoms with Gasteiger partial charge in [-0.1, -0.05) is 6.92 Å². The Morgan fingerprint density at radius 3 is 2.40 bits per heavy atom. The molecule has 0 saturated carbocycles. The largest absolute Gasteiger partial charge is 0.481 e. The van der Waals surface area contributed by atoms with Crippen LogP contribution in [-0.4, -0.2) is 48.1 Å². The zero-order chi connectivity index (χ0) is 11.7. The Labute approximate surface area is 90.5 Å². The van der Waals surface area contributed by atoms with Gasteiger partial charge in [-0.3, -0.25) is 9.59 Å². The molecule has 0 bridgehead atoms. The van der Waals surface area contributed by atoms with Crippen molar-refractivity contribution in [2.75, 3.05) is 26.2 Å². The van der Waals surface area contributed by atoms with Crippen LogP contribution in [0.15, 0.2) is 0 Å². The molecule has 5 nitrogen and oxygen atoms in total. The second kappa shape index (κ2) is 8.23. The van der Waals surface area contributed by atoms with Crippen LogP contribution in [-0.2, 0) is 9.59 Å². The first-order valence-corrected chi connectivity index (χ1v) is 5.24. The number of rotatable bonds is 8. The Hall–Kier alpha value is -1.10. The molecule has 0 spiro atoms. The number of nitrogens with one attached hydrogen (secondary N) is 1. The standard InChI is InChI=1S/C10H20N2O3/c1-3-6-12(7-4-10(14)15)8-5-11-9(2)13/h3-8H2,1-2H3,(H,11,13)(H,14,15). The summed E-state index contributed by atoms with van der Waals surface area (Å²) in [6, 6.07) is 0. The van der Waals surface area contributed by atoms with E-state index in [0.29, 0.717) is 19.6 Å². The van der Waals surface area contributed by atoms with Gasteiger partial charge in [0.25, 0.3) is 0 Å². The summed E-state index contributed by atoms with van der Waals surface area (Å²) >= 11 is 0. The van der Waals surface area contributed by atoms with Crippen molar-refractivity contribution in [1.29, 1.82) is 0 Å². The highest BCUT2D eigenvalue weighted by atomic mass is 16.4. The smallest absolute Gasteiger partial charge is 0.304 e. The molecule has 0 aliphatic carbocycles. The molecule has 0 heterocycles. The molecule has 5 heteroatoms. The number of carbonyl (C=O) groups excluding carboxylic acids is 1. The zero-order valence-corrected chi connectivity index (χ0v) is 9.45. The molecule has 0 saturated heterocycles. The summed E-state index contributed by atoms with van der Waals surface area (Å²) in [4.78, 5) is 23.1. The van der Waals surface area contributed by atoms with Gasteiger partial charge in [-0.05, 0) is 13.0 Å². The van der Waals surface area contributed by atoms with E-state index >= 15 is 0 Å². The molecule has 0 aliphatic heterocycles. The first-order chi connectivity index (χ1) is 7.06.